The summed E-state index contributed by atoms with van der Waals surface area (Å²) in [6, 6.07) is 4.66. The van der Waals surface area contributed by atoms with Crippen LogP contribution in [0.2, 0.25) is 0 Å². The van der Waals surface area contributed by atoms with E-state index in [-0.39, 0.29) is 17.6 Å². The van der Waals surface area contributed by atoms with Crippen LogP contribution in [0.1, 0.15) is 17.8 Å². The second-order valence-corrected chi connectivity index (χ2v) is 4.77. The lowest BCUT2D eigenvalue weighted by molar-refractivity contribution is 0.387. The predicted molar refractivity (Wildman–Crippen MR) is 66.7 cm³/mol. The fraction of sp³-hybridized carbons (Fsp3) is 0.250. The van der Waals surface area contributed by atoms with Gasteiger partial charge in [-0.25, -0.2) is 9.37 Å². The number of ether oxygens (including phenoxy) is 1. The highest BCUT2D eigenvalue weighted by Crippen LogP contribution is 2.31. The monoisotopic (exact) mass is 252 g/mol. The molecule has 0 saturated carbocycles. The minimum Gasteiger partial charge on any atom is -0.494 e. The highest BCUT2D eigenvalue weighted by atomic mass is 32.1. The summed E-state index contributed by atoms with van der Waals surface area (Å²) in [5.74, 6) is -0.153. The van der Waals surface area contributed by atoms with Gasteiger partial charge in [-0.3, -0.25) is 0 Å². The van der Waals surface area contributed by atoms with E-state index in [2.05, 4.69) is 4.98 Å². The van der Waals surface area contributed by atoms with Crippen molar-refractivity contribution in [3.8, 4) is 16.3 Å². The highest BCUT2D eigenvalue weighted by Gasteiger charge is 2.10. The molecule has 0 spiro atoms. The van der Waals surface area contributed by atoms with Crippen molar-refractivity contribution in [3.05, 3.63) is 35.1 Å². The zero-order chi connectivity index (χ0) is 12.4. The molecule has 2 aromatic rings. The Kier molecular flexibility index (Phi) is 3.40. The summed E-state index contributed by atoms with van der Waals surface area (Å²) in [5, 5.41) is 0.815. The standard InChI is InChI=1S/C12H13FN2OS/c1-7(14)11-6-15-12(17-11)8-3-4-9(13)10(5-8)16-2/h3-7H,14H2,1-2H3. The van der Waals surface area contributed by atoms with Gasteiger partial charge in [-0.05, 0) is 25.1 Å². The number of halogens is 1. The Morgan fingerprint density at radius 1 is 1.47 bits per heavy atom. The molecule has 0 aliphatic heterocycles. The van der Waals surface area contributed by atoms with E-state index in [1.165, 1.54) is 24.5 Å². The molecule has 1 atom stereocenters. The number of aromatic nitrogens is 1. The van der Waals surface area contributed by atoms with E-state index in [0.29, 0.717) is 0 Å². The second-order valence-electron chi connectivity index (χ2n) is 3.71. The van der Waals surface area contributed by atoms with Crippen LogP contribution in [0.15, 0.2) is 24.4 Å². The minimum absolute atomic E-state index is 0.0383. The van der Waals surface area contributed by atoms with Gasteiger partial charge < -0.3 is 10.5 Å². The summed E-state index contributed by atoms with van der Waals surface area (Å²) >= 11 is 1.51. The molecule has 0 amide bonds. The minimum atomic E-state index is -0.375. The lowest BCUT2D eigenvalue weighted by Crippen LogP contribution is -2.01. The van der Waals surface area contributed by atoms with Crippen molar-refractivity contribution in [1.29, 1.82) is 0 Å². The smallest absolute Gasteiger partial charge is 0.165 e. The van der Waals surface area contributed by atoms with Gasteiger partial charge in [-0.15, -0.1) is 11.3 Å². The van der Waals surface area contributed by atoms with Crippen molar-refractivity contribution < 1.29 is 9.13 Å². The molecule has 90 valence electrons. The fourth-order valence-corrected chi connectivity index (χ4v) is 2.29. The third-order valence-electron chi connectivity index (χ3n) is 2.37. The van der Waals surface area contributed by atoms with Gasteiger partial charge in [0.05, 0.1) is 7.11 Å². The first kappa shape index (κ1) is 12.0. The predicted octanol–water partition coefficient (Wildman–Crippen LogP) is 2.98. The maximum Gasteiger partial charge on any atom is 0.165 e. The van der Waals surface area contributed by atoms with Crippen molar-refractivity contribution in [1.82, 2.24) is 4.98 Å². The number of benzene rings is 1. The van der Waals surface area contributed by atoms with E-state index in [1.54, 1.807) is 18.3 Å². The number of nitrogens with zero attached hydrogens (tertiary/aromatic N) is 1. The largest absolute Gasteiger partial charge is 0.494 e. The van der Waals surface area contributed by atoms with Gasteiger partial charge in [0, 0.05) is 22.7 Å². The van der Waals surface area contributed by atoms with Crippen LogP contribution in [0, 0.1) is 5.82 Å². The van der Waals surface area contributed by atoms with E-state index in [0.717, 1.165) is 15.4 Å². The van der Waals surface area contributed by atoms with E-state index in [1.807, 2.05) is 6.92 Å². The Hall–Kier alpha value is -1.46. The molecule has 2 N–H and O–H groups in total. The third kappa shape index (κ3) is 2.45. The SMILES string of the molecule is COc1cc(-c2ncc(C(C)N)s2)ccc1F. The van der Waals surface area contributed by atoms with Crippen molar-refractivity contribution in [2.75, 3.05) is 7.11 Å². The van der Waals surface area contributed by atoms with Crippen LogP contribution in [0.3, 0.4) is 0 Å². The molecule has 0 saturated heterocycles. The van der Waals surface area contributed by atoms with Crippen molar-refractivity contribution in [3.63, 3.8) is 0 Å². The normalized spacial score (nSPS) is 12.5. The van der Waals surface area contributed by atoms with Crippen LogP contribution in [0.5, 0.6) is 5.75 Å². The number of rotatable bonds is 3. The second kappa shape index (κ2) is 4.81. The lowest BCUT2D eigenvalue weighted by atomic mass is 10.2. The van der Waals surface area contributed by atoms with Gasteiger partial charge >= 0.3 is 0 Å². The molecule has 17 heavy (non-hydrogen) atoms. The first-order valence-electron chi connectivity index (χ1n) is 5.17. The van der Waals surface area contributed by atoms with Crippen molar-refractivity contribution in [2.24, 2.45) is 5.73 Å². The number of thiazole rings is 1. The molecule has 1 unspecified atom stereocenters. The first-order valence-corrected chi connectivity index (χ1v) is 5.98. The highest BCUT2D eigenvalue weighted by molar-refractivity contribution is 7.15. The summed E-state index contributed by atoms with van der Waals surface area (Å²) in [6.45, 7) is 1.91. The average molecular weight is 252 g/mol. The molecule has 1 aromatic carbocycles. The average Bonchev–Trinajstić information content (AvgIpc) is 2.79. The van der Waals surface area contributed by atoms with Gasteiger partial charge in [-0.2, -0.15) is 0 Å². The van der Waals surface area contributed by atoms with Crippen LogP contribution in [0.25, 0.3) is 10.6 Å². The number of hydrogen-bond donors (Lipinski definition) is 1. The molecule has 1 heterocycles. The number of methoxy groups -OCH3 is 1. The van der Waals surface area contributed by atoms with Crippen LogP contribution >= 0.6 is 11.3 Å². The fourth-order valence-electron chi connectivity index (χ4n) is 1.42. The molecule has 1 aromatic heterocycles. The molecule has 0 fully saturated rings. The molecule has 0 aliphatic carbocycles. The molecule has 0 radical (unpaired) electrons. The van der Waals surface area contributed by atoms with Crippen LogP contribution < -0.4 is 10.5 Å². The third-order valence-corrected chi connectivity index (χ3v) is 3.62. The zero-order valence-electron chi connectivity index (χ0n) is 9.61. The van der Waals surface area contributed by atoms with Gasteiger partial charge in [-0.1, -0.05) is 0 Å². The molecular formula is C12H13FN2OS. The van der Waals surface area contributed by atoms with E-state index < -0.39 is 0 Å². The van der Waals surface area contributed by atoms with E-state index in [9.17, 15) is 4.39 Å². The lowest BCUT2D eigenvalue weighted by Gasteiger charge is -2.03. The molecule has 2 rings (SSSR count). The summed E-state index contributed by atoms with van der Waals surface area (Å²) < 4.78 is 18.2. The summed E-state index contributed by atoms with van der Waals surface area (Å²) in [4.78, 5) is 5.28. The van der Waals surface area contributed by atoms with Gasteiger partial charge in [0.25, 0.3) is 0 Å². The maximum atomic E-state index is 13.3. The molecular weight excluding hydrogens is 239 g/mol. The Balaban J connectivity index is 2.38. The molecule has 3 nitrogen and oxygen atoms in total. The summed E-state index contributed by atoms with van der Waals surface area (Å²) in [7, 11) is 1.44. The Morgan fingerprint density at radius 3 is 2.82 bits per heavy atom. The quantitative estimate of drug-likeness (QED) is 0.913. The zero-order valence-corrected chi connectivity index (χ0v) is 10.4. The molecule has 0 aliphatic rings. The van der Waals surface area contributed by atoms with Crippen LogP contribution in [-0.2, 0) is 0 Å². The van der Waals surface area contributed by atoms with Crippen molar-refractivity contribution >= 4 is 11.3 Å². The summed E-state index contributed by atoms with van der Waals surface area (Å²) in [6.07, 6.45) is 1.75. The van der Waals surface area contributed by atoms with Crippen LogP contribution in [0.4, 0.5) is 4.39 Å². The van der Waals surface area contributed by atoms with E-state index >= 15 is 0 Å². The Morgan fingerprint density at radius 2 is 2.24 bits per heavy atom. The maximum absolute atomic E-state index is 13.3. The van der Waals surface area contributed by atoms with Crippen molar-refractivity contribution in [2.45, 2.75) is 13.0 Å². The molecule has 0 bridgehead atoms. The first-order chi connectivity index (χ1) is 8.11. The Labute approximate surface area is 103 Å². The van der Waals surface area contributed by atoms with Gasteiger partial charge in [0.15, 0.2) is 11.6 Å². The topological polar surface area (TPSA) is 48.1 Å². The number of hydrogen-bond acceptors (Lipinski definition) is 4. The van der Waals surface area contributed by atoms with E-state index in [4.69, 9.17) is 10.5 Å². The number of nitrogens with two attached hydrogens (primary N) is 1. The summed E-state index contributed by atoms with van der Waals surface area (Å²) in [5.41, 5.74) is 6.60. The van der Waals surface area contributed by atoms with Gasteiger partial charge in [0.2, 0.25) is 0 Å². The molecule has 5 heteroatoms. The van der Waals surface area contributed by atoms with Crippen LogP contribution in [-0.4, -0.2) is 12.1 Å². The van der Waals surface area contributed by atoms with Gasteiger partial charge in [0.1, 0.15) is 5.01 Å². The Bertz CT molecular complexity index is 525.